The van der Waals surface area contributed by atoms with Gasteiger partial charge in [-0.2, -0.15) is 4.31 Å². The fourth-order valence-electron chi connectivity index (χ4n) is 2.42. The number of hydrogen-bond donors (Lipinski definition) is 1. The molecule has 1 unspecified atom stereocenters. The second-order valence-corrected chi connectivity index (χ2v) is 7.00. The SMILES string of the molecule is CCc1ccc(CN)cc1S(=O)(=O)N(C)C1CCOC1. The lowest BCUT2D eigenvalue weighted by molar-refractivity contribution is 0.181. The fraction of sp³-hybridized carbons (Fsp3) is 0.571. The van der Waals surface area contributed by atoms with Gasteiger partial charge in [0.2, 0.25) is 10.0 Å². The maximum Gasteiger partial charge on any atom is 0.243 e. The van der Waals surface area contributed by atoms with Gasteiger partial charge < -0.3 is 10.5 Å². The summed E-state index contributed by atoms with van der Waals surface area (Å²) in [5.74, 6) is 0. The van der Waals surface area contributed by atoms with Crippen LogP contribution >= 0.6 is 0 Å². The molecule has 0 radical (unpaired) electrons. The molecule has 0 spiro atoms. The number of ether oxygens (including phenoxy) is 1. The van der Waals surface area contributed by atoms with Gasteiger partial charge in [0.15, 0.2) is 0 Å². The summed E-state index contributed by atoms with van der Waals surface area (Å²) in [6.45, 7) is 3.37. The summed E-state index contributed by atoms with van der Waals surface area (Å²) in [5.41, 5.74) is 7.28. The van der Waals surface area contributed by atoms with Gasteiger partial charge in [-0.15, -0.1) is 0 Å². The Labute approximate surface area is 120 Å². The molecule has 1 saturated heterocycles. The topological polar surface area (TPSA) is 72.6 Å². The highest BCUT2D eigenvalue weighted by Gasteiger charge is 2.31. The summed E-state index contributed by atoms with van der Waals surface area (Å²) < 4.78 is 32.3. The molecule has 2 rings (SSSR count). The molecule has 1 aromatic carbocycles. The van der Waals surface area contributed by atoms with Gasteiger partial charge in [-0.1, -0.05) is 19.1 Å². The van der Waals surface area contributed by atoms with Crippen molar-refractivity contribution in [3.05, 3.63) is 29.3 Å². The van der Waals surface area contributed by atoms with Gasteiger partial charge in [0.1, 0.15) is 0 Å². The first kappa shape index (κ1) is 15.4. The lowest BCUT2D eigenvalue weighted by atomic mass is 10.1. The Kier molecular flexibility index (Phi) is 4.80. The van der Waals surface area contributed by atoms with E-state index in [1.807, 2.05) is 19.1 Å². The summed E-state index contributed by atoms with van der Waals surface area (Å²) in [7, 11) is -1.87. The molecule has 1 heterocycles. The maximum atomic E-state index is 12.8. The Balaban J connectivity index is 2.41. The molecular weight excluding hydrogens is 276 g/mol. The van der Waals surface area contributed by atoms with Crippen LogP contribution in [0.5, 0.6) is 0 Å². The molecule has 5 nitrogen and oxygen atoms in total. The Hall–Kier alpha value is -0.950. The predicted octanol–water partition coefficient (Wildman–Crippen LogP) is 1.12. The number of likely N-dealkylation sites (N-methyl/N-ethyl adjacent to an activating group) is 1. The van der Waals surface area contributed by atoms with Gasteiger partial charge >= 0.3 is 0 Å². The number of nitrogens with zero attached hydrogens (tertiary/aromatic N) is 1. The van der Waals surface area contributed by atoms with Gasteiger partial charge in [-0.05, 0) is 30.0 Å². The van der Waals surface area contributed by atoms with Crippen molar-refractivity contribution < 1.29 is 13.2 Å². The van der Waals surface area contributed by atoms with Gasteiger partial charge in [0.05, 0.1) is 17.5 Å². The number of aryl methyl sites for hydroxylation is 1. The summed E-state index contributed by atoms with van der Waals surface area (Å²) >= 11 is 0. The average molecular weight is 298 g/mol. The highest BCUT2D eigenvalue weighted by atomic mass is 32.2. The summed E-state index contributed by atoms with van der Waals surface area (Å²) in [6.07, 6.45) is 1.42. The zero-order chi connectivity index (χ0) is 14.8. The van der Waals surface area contributed by atoms with Crippen LogP contribution < -0.4 is 5.73 Å². The molecule has 1 fully saturated rings. The summed E-state index contributed by atoms with van der Waals surface area (Å²) in [5, 5.41) is 0. The van der Waals surface area contributed by atoms with Crippen LogP contribution in [-0.2, 0) is 27.7 Å². The maximum absolute atomic E-state index is 12.8. The highest BCUT2D eigenvalue weighted by molar-refractivity contribution is 7.89. The van der Waals surface area contributed by atoms with E-state index in [2.05, 4.69) is 0 Å². The summed E-state index contributed by atoms with van der Waals surface area (Å²) in [4.78, 5) is 0.373. The Bertz CT molecular complexity index is 566. The average Bonchev–Trinajstić information content (AvgIpc) is 2.99. The van der Waals surface area contributed by atoms with Crippen LogP contribution in [0, 0.1) is 0 Å². The molecule has 20 heavy (non-hydrogen) atoms. The van der Waals surface area contributed by atoms with Crippen LogP contribution in [0.2, 0.25) is 0 Å². The van der Waals surface area contributed by atoms with E-state index in [9.17, 15) is 8.42 Å². The zero-order valence-electron chi connectivity index (χ0n) is 12.0. The van der Waals surface area contributed by atoms with Crippen LogP contribution in [0.1, 0.15) is 24.5 Å². The first-order valence-corrected chi connectivity index (χ1v) is 8.32. The van der Waals surface area contributed by atoms with Gasteiger partial charge in [-0.25, -0.2) is 8.42 Å². The second-order valence-electron chi connectivity index (χ2n) is 5.04. The van der Waals surface area contributed by atoms with Crippen molar-refractivity contribution in [3.63, 3.8) is 0 Å². The molecule has 0 bridgehead atoms. The number of hydrogen-bond acceptors (Lipinski definition) is 4. The van der Waals surface area contributed by atoms with E-state index >= 15 is 0 Å². The third-order valence-electron chi connectivity index (χ3n) is 3.83. The van der Waals surface area contributed by atoms with Crippen LogP contribution in [0.25, 0.3) is 0 Å². The Morgan fingerprint density at radius 3 is 2.75 bits per heavy atom. The zero-order valence-corrected chi connectivity index (χ0v) is 12.8. The van der Waals surface area contributed by atoms with Crippen molar-refractivity contribution in [3.8, 4) is 0 Å². The molecule has 0 aromatic heterocycles. The van der Waals surface area contributed by atoms with E-state index in [0.717, 1.165) is 17.5 Å². The van der Waals surface area contributed by atoms with Crippen LogP contribution in [0.15, 0.2) is 23.1 Å². The van der Waals surface area contributed by atoms with Crippen molar-refractivity contribution in [2.45, 2.75) is 37.2 Å². The van der Waals surface area contributed by atoms with E-state index in [1.54, 1.807) is 13.1 Å². The standard InChI is InChI=1S/C14H22N2O3S/c1-3-12-5-4-11(9-15)8-14(12)20(17,18)16(2)13-6-7-19-10-13/h4-5,8,13H,3,6-7,9-10,15H2,1-2H3. The third-order valence-corrected chi connectivity index (χ3v) is 5.82. The number of sulfonamides is 1. The summed E-state index contributed by atoms with van der Waals surface area (Å²) in [6, 6.07) is 5.36. The van der Waals surface area contributed by atoms with E-state index in [1.165, 1.54) is 4.31 Å². The van der Waals surface area contributed by atoms with Gasteiger partial charge in [0, 0.05) is 20.2 Å². The lowest BCUT2D eigenvalue weighted by Crippen LogP contribution is -2.37. The van der Waals surface area contributed by atoms with Gasteiger partial charge in [0.25, 0.3) is 0 Å². The molecular formula is C14H22N2O3S. The van der Waals surface area contributed by atoms with Crippen molar-refractivity contribution in [2.75, 3.05) is 20.3 Å². The largest absolute Gasteiger partial charge is 0.380 e. The van der Waals surface area contributed by atoms with E-state index in [4.69, 9.17) is 10.5 Å². The van der Waals surface area contributed by atoms with Crippen molar-refractivity contribution >= 4 is 10.0 Å². The highest BCUT2D eigenvalue weighted by Crippen LogP contribution is 2.25. The smallest absolute Gasteiger partial charge is 0.243 e. The Morgan fingerprint density at radius 2 is 2.20 bits per heavy atom. The van der Waals surface area contributed by atoms with Crippen LogP contribution in [0.3, 0.4) is 0 Å². The van der Waals surface area contributed by atoms with Crippen molar-refractivity contribution in [2.24, 2.45) is 5.73 Å². The second kappa shape index (κ2) is 6.22. The Morgan fingerprint density at radius 1 is 1.45 bits per heavy atom. The number of nitrogens with two attached hydrogens (primary N) is 1. The first-order valence-electron chi connectivity index (χ1n) is 6.88. The minimum atomic E-state index is -3.50. The number of rotatable bonds is 5. The quantitative estimate of drug-likeness (QED) is 0.884. The van der Waals surface area contributed by atoms with Crippen LogP contribution in [-0.4, -0.2) is 39.0 Å². The van der Waals surface area contributed by atoms with E-state index in [-0.39, 0.29) is 6.04 Å². The molecule has 1 atom stereocenters. The lowest BCUT2D eigenvalue weighted by Gasteiger charge is -2.24. The fourth-order valence-corrected chi connectivity index (χ4v) is 4.13. The predicted molar refractivity (Wildman–Crippen MR) is 77.9 cm³/mol. The molecule has 1 aromatic rings. The molecule has 6 heteroatoms. The molecule has 1 aliphatic rings. The molecule has 0 amide bonds. The number of benzene rings is 1. The molecule has 2 N–H and O–H groups in total. The first-order chi connectivity index (χ1) is 9.50. The third kappa shape index (κ3) is 2.88. The normalized spacial score (nSPS) is 19.7. The van der Waals surface area contributed by atoms with Crippen molar-refractivity contribution in [1.29, 1.82) is 0 Å². The minimum Gasteiger partial charge on any atom is -0.380 e. The van der Waals surface area contributed by atoms with Crippen molar-refractivity contribution in [1.82, 2.24) is 4.31 Å². The van der Waals surface area contributed by atoms with Gasteiger partial charge in [-0.3, -0.25) is 0 Å². The molecule has 112 valence electrons. The molecule has 0 saturated carbocycles. The van der Waals surface area contributed by atoms with Crippen LogP contribution in [0.4, 0.5) is 0 Å². The monoisotopic (exact) mass is 298 g/mol. The van der Waals surface area contributed by atoms with E-state index < -0.39 is 10.0 Å². The van der Waals surface area contributed by atoms with E-state index in [0.29, 0.717) is 31.1 Å². The molecule has 1 aliphatic heterocycles. The molecule has 0 aliphatic carbocycles. The minimum absolute atomic E-state index is 0.0776.